The lowest BCUT2D eigenvalue weighted by molar-refractivity contribution is -0.155. The van der Waals surface area contributed by atoms with E-state index in [0.29, 0.717) is 19.4 Å². The van der Waals surface area contributed by atoms with Crippen LogP contribution in [0.15, 0.2) is 18.2 Å². The smallest absolute Gasteiger partial charge is 0.223 e. The van der Waals surface area contributed by atoms with Crippen molar-refractivity contribution in [3.8, 4) is 11.5 Å². The summed E-state index contributed by atoms with van der Waals surface area (Å²) in [6, 6.07) is 5.63. The number of methoxy groups -OCH3 is 2. The standard InChI is InChI=1S/C21H31NO4/c1-4-7-19(23)22-13-12-21(24)11-6-5-8-17(21)20(22)16-10-9-15(25-2)14-18(16)26-3/h9-10,14,17,20,24H,4-8,11-13H2,1-3H3/t17-,20+,21+/m1/s1. The average Bonchev–Trinajstić information content (AvgIpc) is 2.66. The minimum Gasteiger partial charge on any atom is -0.497 e. The molecule has 1 N–H and O–H groups in total. The van der Waals surface area contributed by atoms with E-state index in [9.17, 15) is 9.90 Å². The second-order valence-corrected chi connectivity index (χ2v) is 7.60. The van der Waals surface area contributed by atoms with Crippen LogP contribution in [0.2, 0.25) is 0 Å². The topological polar surface area (TPSA) is 59.0 Å². The predicted octanol–water partition coefficient (Wildman–Crippen LogP) is 3.70. The molecule has 0 aromatic heterocycles. The number of carbonyl (C=O) groups excluding carboxylic acids is 1. The molecular formula is C21H31NO4. The fraction of sp³-hybridized carbons (Fsp3) is 0.667. The molecule has 2 fully saturated rings. The molecule has 1 aromatic rings. The van der Waals surface area contributed by atoms with Crippen molar-refractivity contribution in [3.63, 3.8) is 0 Å². The maximum atomic E-state index is 12.9. The Kier molecular flexibility index (Phi) is 5.76. The van der Waals surface area contributed by atoms with Crippen molar-refractivity contribution < 1.29 is 19.4 Å². The van der Waals surface area contributed by atoms with Gasteiger partial charge in [-0.2, -0.15) is 0 Å². The van der Waals surface area contributed by atoms with Gasteiger partial charge in [0.1, 0.15) is 11.5 Å². The van der Waals surface area contributed by atoms with Crippen molar-refractivity contribution in [3.05, 3.63) is 23.8 Å². The molecule has 0 unspecified atom stereocenters. The van der Waals surface area contributed by atoms with Crippen LogP contribution >= 0.6 is 0 Å². The predicted molar refractivity (Wildman–Crippen MR) is 100 cm³/mol. The van der Waals surface area contributed by atoms with E-state index in [2.05, 4.69) is 0 Å². The number of hydrogen-bond donors (Lipinski definition) is 1. The summed E-state index contributed by atoms with van der Waals surface area (Å²) in [5, 5.41) is 11.3. The Balaban J connectivity index is 2.05. The first-order valence-electron chi connectivity index (χ1n) is 9.78. The molecule has 1 saturated heterocycles. The van der Waals surface area contributed by atoms with Gasteiger partial charge in [0.2, 0.25) is 5.91 Å². The van der Waals surface area contributed by atoms with Crippen molar-refractivity contribution >= 4 is 5.91 Å². The van der Waals surface area contributed by atoms with Crippen LogP contribution in [0.4, 0.5) is 0 Å². The van der Waals surface area contributed by atoms with Crippen LogP contribution in [-0.2, 0) is 4.79 Å². The summed E-state index contributed by atoms with van der Waals surface area (Å²) in [5.74, 6) is 1.67. The molecule has 5 nitrogen and oxygen atoms in total. The molecule has 1 heterocycles. The first kappa shape index (κ1) is 19.0. The summed E-state index contributed by atoms with van der Waals surface area (Å²) in [4.78, 5) is 14.8. The zero-order chi connectivity index (χ0) is 18.7. The molecule has 1 amide bonds. The minimum atomic E-state index is -0.684. The molecule has 1 aliphatic carbocycles. The lowest BCUT2D eigenvalue weighted by Gasteiger charge is -2.52. The molecule has 0 spiro atoms. The highest BCUT2D eigenvalue weighted by atomic mass is 16.5. The van der Waals surface area contributed by atoms with E-state index >= 15 is 0 Å². The van der Waals surface area contributed by atoms with Crippen molar-refractivity contribution in [2.75, 3.05) is 20.8 Å². The van der Waals surface area contributed by atoms with E-state index in [1.54, 1.807) is 14.2 Å². The van der Waals surface area contributed by atoms with Gasteiger partial charge < -0.3 is 19.5 Å². The molecule has 1 aromatic carbocycles. The third kappa shape index (κ3) is 3.41. The van der Waals surface area contributed by atoms with Gasteiger partial charge in [-0.25, -0.2) is 0 Å². The number of piperidine rings is 1. The third-order valence-corrected chi connectivity index (χ3v) is 6.11. The van der Waals surface area contributed by atoms with Crippen LogP contribution in [0, 0.1) is 5.92 Å². The zero-order valence-electron chi connectivity index (χ0n) is 16.2. The Bertz CT molecular complexity index is 647. The average molecular weight is 361 g/mol. The summed E-state index contributed by atoms with van der Waals surface area (Å²) >= 11 is 0. The quantitative estimate of drug-likeness (QED) is 0.869. The first-order valence-corrected chi connectivity index (χ1v) is 9.78. The van der Waals surface area contributed by atoms with Gasteiger partial charge in [0.25, 0.3) is 0 Å². The number of aliphatic hydroxyl groups is 1. The Hall–Kier alpha value is -1.75. The van der Waals surface area contributed by atoms with Crippen LogP contribution in [0.25, 0.3) is 0 Å². The number of carbonyl (C=O) groups is 1. The lowest BCUT2D eigenvalue weighted by atomic mass is 9.66. The van der Waals surface area contributed by atoms with Gasteiger partial charge in [0.05, 0.1) is 25.9 Å². The van der Waals surface area contributed by atoms with E-state index in [-0.39, 0.29) is 17.9 Å². The molecule has 1 saturated carbocycles. The maximum absolute atomic E-state index is 12.9. The Morgan fingerprint density at radius 1 is 1.27 bits per heavy atom. The van der Waals surface area contributed by atoms with Gasteiger partial charge in [-0.3, -0.25) is 4.79 Å². The van der Waals surface area contributed by atoms with Gasteiger partial charge in [-0.05, 0) is 37.8 Å². The molecule has 144 valence electrons. The molecule has 1 aliphatic heterocycles. The lowest BCUT2D eigenvalue weighted by Crippen LogP contribution is -2.56. The van der Waals surface area contributed by atoms with Crippen LogP contribution in [0.1, 0.15) is 63.5 Å². The van der Waals surface area contributed by atoms with E-state index in [1.807, 2.05) is 30.0 Å². The highest BCUT2D eigenvalue weighted by molar-refractivity contribution is 5.77. The molecule has 2 aliphatic rings. The Morgan fingerprint density at radius 2 is 2.08 bits per heavy atom. The summed E-state index contributed by atoms with van der Waals surface area (Å²) in [5.41, 5.74) is 0.291. The molecule has 3 atom stereocenters. The van der Waals surface area contributed by atoms with Crippen LogP contribution < -0.4 is 9.47 Å². The van der Waals surface area contributed by atoms with Gasteiger partial charge in [0, 0.05) is 30.5 Å². The van der Waals surface area contributed by atoms with Gasteiger partial charge >= 0.3 is 0 Å². The largest absolute Gasteiger partial charge is 0.497 e. The molecule has 5 heteroatoms. The SMILES string of the molecule is CCCC(=O)N1CC[C@@]2(O)CCCC[C@@H]2[C@@H]1c1ccc(OC)cc1OC. The number of ether oxygens (including phenoxy) is 2. The highest BCUT2D eigenvalue weighted by Gasteiger charge is 2.50. The summed E-state index contributed by atoms with van der Waals surface area (Å²) in [6.07, 6.45) is 5.95. The molecule has 0 radical (unpaired) electrons. The van der Waals surface area contributed by atoms with E-state index in [4.69, 9.17) is 9.47 Å². The van der Waals surface area contributed by atoms with Crippen LogP contribution in [0.5, 0.6) is 11.5 Å². The number of fused-ring (bicyclic) bond motifs is 1. The minimum absolute atomic E-state index is 0.0492. The maximum Gasteiger partial charge on any atom is 0.223 e. The second-order valence-electron chi connectivity index (χ2n) is 7.60. The van der Waals surface area contributed by atoms with Gasteiger partial charge in [-0.1, -0.05) is 19.8 Å². The summed E-state index contributed by atoms with van der Waals surface area (Å²) < 4.78 is 11.0. The van der Waals surface area contributed by atoms with Crippen LogP contribution in [-0.4, -0.2) is 42.3 Å². The zero-order valence-corrected chi connectivity index (χ0v) is 16.2. The van der Waals surface area contributed by atoms with Crippen molar-refractivity contribution in [2.45, 2.75) is 63.5 Å². The molecule has 3 rings (SSSR count). The molecular weight excluding hydrogens is 330 g/mol. The van der Waals surface area contributed by atoms with Gasteiger partial charge in [-0.15, -0.1) is 0 Å². The number of nitrogens with zero attached hydrogens (tertiary/aromatic N) is 1. The normalized spacial score (nSPS) is 28.4. The van der Waals surface area contributed by atoms with Crippen LogP contribution in [0.3, 0.4) is 0 Å². The monoisotopic (exact) mass is 361 g/mol. The second kappa shape index (κ2) is 7.87. The Labute approximate surface area is 156 Å². The number of benzene rings is 1. The van der Waals surface area contributed by atoms with Gasteiger partial charge in [0.15, 0.2) is 0 Å². The number of hydrogen-bond acceptors (Lipinski definition) is 4. The molecule has 0 bridgehead atoms. The fourth-order valence-electron chi connectivity index (χ4n) is 4.77. The fourth-order valence-corrected chi connectivity index (χ4v) is 4.77. The third-order valence-electron chi connectivity index (χ3n) is 6.11. The summed E-state index contributed by atoms with van der Waals surface area (Å²) in [6.45, 7) is 2.63. The molecule has 26 heavy (non-hydrogen) atoms. The van der Waals surface area contributed by atoms with Crippen molar-refractivity contribution in [1.82, 2.24) is 4.90 Å². The first-order chi connectivity index (χ1) is 12.5. The van der Waals surface area contributed by atoms with E-state index in [0.717, 1.165) is 49.2 Å². The number of rotatable bonds is 5. The Morgan fingerprint density at radius 3 is 2.77 bits per heavy atom. The summed E-state index contributed by atoms with van der Waals surface area (Å²) in [7, 11) is 3.28. The van der Waals surface area contributed by atoms with E-state index in [1.165, 1.54) is 0 Å². The number of likely N-dealkylation sites (tertiary alicyclic amines) is 1. The van der Waals surface area contributed by atoms with Crippen molar-refractivity contribution in [1.29, 1.82) is 0 Å². The van der Waals surface area contributed by atoms with Crippen molar-refractivity contribution in [2.24, 2.45) is 5.92 Å². The van der Waals surface area contributed by atoms with E-state index < -0.39 is 5.60 Å². The highest BCUT2D eigenvalue weighted by Crippen LogP contribution is 2.51. The number of amides is 1.